The minimum Gasteiger partial charge on any atom is -0.497 e. The molecule has 1 aliphatic rings. The second-order valence-corrected chi connectivity index (χ2v) is 7.12. The predicted molar refractivity (Wildman–Crippen MR) is 113 cm³/mol. The Morgan fingerprint density at radius 2 is 1.60 bits per heavy atom. The monoisotopic (exact) mass is 403 g/mol. The third-order valence-corrected chi connectivity index (χ3v) is 5.35. The van der Waals surface area contributed by atoms with Gasteiger partial charge in [-0.3, -0.25) is 5.32 Å². The standard InChI is InChI=1S/C24H21NO5/c1-14-11-15(29-2)12-20(23(26)27)22(14)25-24(28)30-13-21-18-9-5-3-7-16(18)17-8-4-6-10-19(17)21/h3-12,21H,13H2,1-2H3,(H,25,28)(H,26,27). The first-order valence-electron chi connectivity index (χ1n) is 9.53. The number of carbonyl (C=O) groups excluding carboxylic acids is 1. The van der Waals surface area contributed by atoms with E-state index in [1.807, 2.05) is 36.4 Å². The molecule has 0 aliphatic heterocycles. The van der Waals surface area contributed by atoms with Crippen LogP contribution < -0.4 is 10.1 Å². The lowest BCUT2D eigenvalue weighted by Gasteiger charge is -2.16. The summed E-state index contributed by atoms with van der Waals surface area (Å²) in [4.78, 5) is 24.1. The van der Waals surface area contributed by atoms with Gasteiger partial charge in [-0.15, -0.1) is 0 Å². The molecule has 0 fully saturated rings. The maximum absolute atomic E-state index is 12.5. The van der Waals surface area contributed by atoms with Gasteiger partial charge in [0.25, 0.3) is 0 Å². The second-order valence-electron chi connectivity index (χ2n) is 7.12. The molecule has 0 atom stereocenters. The Morgan fingerprint density at radius 1 is 1.00 bits per heavy atom. The van der Waals surface area contributed by atoms with E-state index < -0.39 is 12.1 Å². The van der Waals surface area contributed by atoms with Crippen molar-refractivity contribution in [2.75, 3.05) is 19.0 Å². The van der Waals surface area contributed by atoms with E-state index in [1.54, 1.807) is 13.0 Å². The summed E-state index contributed by atoms with van der Waals surface area (Å²) >= 11 is 0. The van der Waals surface area contributed by atoms with Crippen molar-refractivity contribution in [3.63, 3.8) is 0 Å². The van der Waals surface area contributed by atoms with E-state index in [4.69, 9.17) is 9.47 Å². The van der Waals surface area contributed by atoms with Crippen molar-refractivity contribution in [3.8, 4) is 16.9 Å². The molecule has 0 radical (unpaired) electrons. The SMILES string of the molecule is COc1cc(C)c(NC(=O)OCC2c3ccccc3-c3ccccc32)c(C(=O)O)c1. The Labute approximate surface area is 174 Å². The van der Waals surface area contributed by atoms with Gasteiger partial charge in [0.05, 0.1) is 18.4 Å². The van der Waals surface area contributed by atoms with Crippen LogP contribution in [0.4, 0.5) is 10.5 Å². The maximum atomic E-state index is 12.5. The minimum atomic E-state index is -1.16. The first kappa shape index (κ1) is 19.5. The molecule has 0 spiro atoms. The van der Waals surface area contributed by atoms with Crippen molar-refractivity contribution in [1.82, 2.24) is 0 Å². The van der Waals surface area contributed by atoms with Crippen molar-refractivity contribution in [1.29, 1.82) is 0 Å². The van der Waals surface area contributed by atoms with Crippen molar-refractivity contribution < 1.29 is 24.2 Å². The van der Waals surface area contributed by atoms with Gasteiger partial charge in [-0.2, -0.15) is 0 Å². The number of fused-ring (bicyclic) bond motifs is 3. The number of aromatic carboxylic acids is 1. The molecule has 0 heterocycles. The molecule has 152 valence electrons. The first-order chi connectivity index (χ1) is 14.5. The first-order valence-corrected chi connectivity index (χ1v) is 9.53. The molecule has 30 heavy (non-hydrogen) atoms. The average molecular weight is 403 g/mol. The topological polar surface area (TPSA) is 84.9 Å². The molecule has 3 aromatic rings. The Kier molecular flexibility index (Phi) is 5.14. The van der Waals surface area contributed by atoms with Crippen LogP contribution >= 0.6 is 0 Å². The van der Waals surface area contributed by atoms with Gasteiger partial charge < -0.3 is 14.6 Å². The summed E-state index contributed by atoms with van der Waals surface area (Å²) in [5.74, 6) is -0.826. The number of rotatable bonds is 5. The van der Waals surface area contributed by atoms with Gasteiger partial charge in [0, 0.05) is 5.92 Å². The lowest BCUT2D eigenvalue weighted by atomic mass is 9.98. The third-order valence-electron chi connectivity index (χ3n) is 5.35. The van der Waals surface area contributed by atoms with Crippen molar-refractivity contribution in [2.24, 2.45) is 0 Å². The van der Waals surface area contributed by atoms with Crippen molar-refractivity contribution in [3.05, 3.63) is 82.9 Å². The van der Waals surface area contributed by atoms with Crippen molar-refractivity contribution in [2.45, 2.75) is 12.8 Å². The van der Waals surface area contributed by atoms with E-state index in [2.05, 4.69) is 17.4 Å². The zero-order valence-electron chi connectivity index (χ0n) is 16.6. The predicted octanol–water partition coefficient (Wildman–Crippen LogP) is 5.06. The molecular formula is C24H21NO5. The maximum Gasteiger partial charge on any atom is 0.411 e. The van der Waals surface area contributed by atoms with Gasteiger partial charge in [-0.1, -0.05) is 48.5 Å². The Hall–Kier alpha value is -3.80. The molecular weight excluding hydrogens is 382 g/mol. The lowest BCUT2D eigenvalue weighted by Crippen LogP contribution is -2.20. The molecule has 2 N–H and O–H groups in total. The van der Waals surface area contributed by atoms with E-state index in [1.165, 1.54) is 13.2 Å². The lowest BCUT2D eigenvalue weighted by molar-refractivity contribution is 0.0697. The summed E-state index contributed by atoms with van der Waals surface area (Å²) in [6.07, 6.45) is -0.701. The van der Waals surface area contributed by atoms with Crippen LogP contribution in [-0.4, -0.2) is 30.9 Å². The summed E-state index contributed by atoms with van der Waals surface area (Å²) in [6.45, 7) is 1.85. The zero-order valence-corrected chi connectivity index (χ0v) is 16.6. The van der Waals surface area contributed by atoms with Crippen LogP contribution in [0.3, 0.4) is 0 Å². The molecule has 6 nitrogen and oxygen atoms in total. The summed E-state index contributed by atoms with van der Waals surface area (Å²) in [5, 5.41) is 12.1. The van der Waals surface area contributed by atoms with Gasteiger partial charge in [0.1, 0.15) is 12.4 Å². The highest BCUT2D eigenvalue weighted by Crippen LogP contribution is 2.44. The molecule has 6 heteroatoms. The fraction of sp³-hybridized carbons (Fsp3) is 0.167. The number of carboxylic acids is 1. The van der Waals surface area contributed by atoms with Crippen LogP contribution in [0, 0.1) is 6.92 Å². The molecule has 4 rings (SSSR count). The number of anilines is 1. The minimum absolute atomic E-state index is 0.0552. The Morgan fingerprint density at radius 3 is 2.17 bits per heavy atom. The largest absolute Gasteiger partial charge is 0.497 e. The number of hydrogen-bond acceptors (Lipinski definition) is 4. The second kappa shape index (κ2) is 7.91. The fourth-order valence-corrected chi connectivity index (χ4v) is 3.94. The van der Waals surface area contributed by atoms with Crippen LogP contribution in [0.2, 0.25) is 0 Å². The number of aryl methyl sites for hydroxylation is 1. The molecule has 0 saturated carbocycles. The van der Waals surface area contributed by atoms with Gasteiger partial charge >= 0.3 is 12.1 Å². The van der Waals surface area contributed by atoms with E-state index in [-0.39, 0.29) is 23.8 Å². The molecule has 1 aliphatic carbocycles. The third kappa shape index (κ3) is 3.48. The number of ether oxygens (including phenoxy) is 2. The van der Waals surface area contributed by atoms with Crippen LogP contribution in [0.5, 0.6) is 5.75 Å². The Bertz CT molecular complexity index is 1090. The van der Waals surface area contributed by atoms with Crippen LogP contribution in [0.15, 0.2) is 60.7 Å². The van der Waals surface area contributed by atoms with Crippen LogP contribution in [-0.2, 0) is 4.74 Å². The fourth-order valence-electron chi connectivity index (χ4n) is 3.94. The molecule has 0 saturated heterocycles. The Balaban J connectivity index is 1.54. The zero-order chi connectivity index (χ0) is 21.3. The summed E-state index contributed by atoms with van der Waals surface area (Å²) in [5.41, 5.74) is 5.21. The molecule has 3 aromatic carbocycles. The number of carboxylic acid groups (broad SMARTS) is 1. The van der Waals surface area contributed by atoms with Crippen LogP contribution in [0.1, 0.15) is 33.0 Å². The highest BCUT2D eigenvalue weighted by Gasteiger charge is 2.29. The van der Waals surface area contributed by atoms with Crippen LogP contribution in [0.25, 0.3) is 11.1 Å². The van der Waals surface area contributed by atoms with E-state index >= 15 is 0 Å². The summed E-state index contributed by atoms with van der Waals surface area (Å²) in [6, 6.07) is 19.2. The summed E-state index contributed by atoms with van der Waals surface area (Å²) in [7, 11) is 1.46. The number of amides is 1. The van der Waals surface area contributed by atoms with E-state index in [9.17, 15) is 14.7 Å². The normalized spacial score (nSPS) is 12.1. The molecule has 0 aromatic heterocycles. The molecule has 1 amide bonds. The summed E-state index contributed by atoms with van der Waals surface area (Å²) < 4.78 is 10.6. The highest BCUT2D eigenvalue weighted by atomic mass is 16.5. The van der Waals surface area contributed by atoms with E-state index in [0.29, 0.717) is 11.3 Å². The number of methoxy groups -OCH3 is 1. The smallest absolute Gasteiger partial charge is 0.411 e. The highest BCUT2D eigenvalue weighted by molar-refractivity contribution is 6.00. The van der Waals surface area contributed by atoms with Gasteiger partial charge in [-0.05, 0) is 46.9 Å². The number of hydrogen-bond donors (Lipinski definition) is 2. The number of benzene rings is 3. The quantitative estimate of drug-likeness (QED) is 0.622. The van der Waals surface area contributed by atoms with Gasteiger partial charge in [0.2, 0.25) is 0 Å². The van der Waals surface area contributed by atoms with E-state index in [0.717, 1.165) is 22.3 Å². The number of nitrogens with one attached hydrogen (secondary N) is 1. The van der Waals surface area contributed by atoms with Crippen molar-refractivity contribution >= 4 is 17.7 Å². The average Bonchev–Trinajstić information content (AvgIpc) is 3.07. The molecule has 0 bridgehead atoms. The number of carbonyl (C=O) groups is 2. The van der Waals surface area contributed by atoms with Gasteiger partial charge in [0.15, 0.2) is 0 Å². The van der Waals surface area contributed by atoms with Gasteiger partial charge in [-0.25, -0.2) is 9.59 Å². The molecule has 0 unspecified atom stereocenters.